The summed E-state index contributed by atoms with van der Waals surface area (Å²) in [4.78, 5) is 45.2. The molecule has 1 aromatic rings. The first-order chi connectivity index (χ1) is 11.3. The lowest BCUT2D eigenvalue weighted by atomic mass is 10.0. The van der Waals surface area contributed by atoms with Crippen LogP contribution in [0.1, 0.15) is 32.4 Å². The molecule has 0 aliphatic carbocycles. The molecule has 130 valence electrons. The monoisotopic (exact) mass is 338 g/mol. The van der Waals surface area contributed by atoms with Crippen molar-refractivity contribution in [2.45, 2.75) is 32.9 Å². The number of hydrogen-bond acceptors (Lipinski definition) is 7. The molecular formula is C15H18N2O7. The van der Waals surface area contributed by atoms with E-state index in [2.05, 4.69) is 5.32 Å². The molecule has 0 aliphatic heterocycles. The van der Waals surface area contributed by atoms with Crippen LogP contribution in [0.3, 0.4) is 0 Å². The third kappa shape index (κ3) is 5.34. The van der Waals surface area contributed by atoms with E-state index in [1.54, 1.807) is 6.92 Å². The SMILES string of the molecule is CCOC(=O)[C@@H](NC(C)=O)[C@H](OC(C)=O)c1cccc([N+](=O)[O-])c1. The van der Waals surface area contributed by atoms with E-state index in [1.165, 1.54) is 31.2 Å². The van der Waals surface area contributed by atoms with Crippen molar-refractivity contribution < 1.29 is 28.8 Å². The minimum atomic E-state index is -1.33. The lowest BCUT2D eigenvalue weighted by Crippen LogP contribution is -2.46. The molecule has 24 heavy (non-hydrogen) atoms. The second kappa shape index (κ2) is 8.61. The highest BCUT2D eigenvalue weighted by atomic mass is 16.6. The second-order valence-corrected chi connectivity index (χ2v) is 4.81. The van der Waals surface area contributed by atoms with Crippen LogP contribution in [-0.4, -0.2) is 35.4 Å². The van der Waals surface area contributed by atoms with E-state index in [0.717, 1.165) is 6.92 Å². The van der Waals surface area contributed by atoms with E-state index in [4.69, 9.17) is 9.47 Å². The molecule has 1 N–H and O–H groups in total. The first-order valence-corrected chi connectivity index (χ1v) is 7.11. The molecule has 9 nitrogen and oxygen atoms in total. The molecule has 0 unspecified atom stereocenters. The smallest absolute Gasteiger partial charge is 0.332 e. The minimum Gasteiger partial charge on any atom is -0.464 e. The molecule has 1 rings (SSSR count). The molecular weight excluding hydrogens is 320 g/mol. The average Bonchev–Trinajstić information content (AvgIpc) is 2.50. The molecule has 9 heteroatoms. The number of carbonyl (C=O) groups is 3. The largest absolute Gasteiger partial charge is 0.464 e. The molecule has 1 amide bonds. The molecule has 0 aromatic heterocycles. The summed E-state index contributed by atoms with van der Waals surface area (Å²) >= 11 is 0. The van der Waals surface area contributed by atoms with Crippen molar-refractivity contribution in [3.8, 4) is 0 Å². The number of nitrogens with one attached hydrogen (secondary N) is 1. The van der Waals surface area contributed by atoms with Crippen LogP contribution in [0.2, 0.25) is 0 Å². The minimum absolute atomic E-state index is 0.0522. The zero-order valence-electron chi connectivity index (χ0n) is 13.5. The van der Waals surface area contributed by atoms with Gasteiger partial charge in [0.05, 0.1) is 11.5 Å². The maximum atomic E-state index is 12.1. The van der Waals surface area contributed by atoms with E-state index >= 15 is 0 Å². The molecule has 0 bridgehead atoms. The Kier molecular flexibility index (Phi) is 6.84. The Morgan fingerprint density at radius 1 is 1.29 bits per heavy atom. The van der Waals surface area contributed by atoms with E-state index < -0.39 is 34.9 Å². The number of carbonyl (C=O) groups excluding carboxylic acids is 3. The zero-order chi connectivity index (χ0) is 18.3. The Balaban J connectivity index is 3.31. The number of rotatable bonds is 7. The normalized spacial score (nSPS) is 12.6. The van der Waals surface area contributed by atoms with Gasteiger partial charge < -0.3 is 14.8 Å². The van der Waals surface area contributed by atoms with E-state index in [9.17, 15) is 24.5 Å². The Morgan fingerprint density at radius 3 is 2.46 bits per heavy atom. The maximum absolute atomic E-state index is 12.1. The molecule has 0 heterocycles. The zero-order valence-corrected chi connectivity index (χ0v) is 13.5. The van der Waals surface area contributed by atoms with Gasteiger partial charge in [0.2, 0.25) is 5.91 Å². The number of hydrogen-bond donors (Lipinski definition) is 1. The van der Waals surface area contributed by atoms with Gasteiger partial charge >= 0.3 is 11.9 Å². The Morgan fingerprint density at radius 2 is 1.96 bits per heavy atom. The number of non-ortho nitro benzene ring substituents is 1. The van der Waals surface area contributed by atoms with Crippen LogP contribution in [0.25, 0.3) is 0 Å². The summed E-state index contributed by atoms with van der Waals surface area (Å²) in [6, 6.07) is 3.94. The fourth-order valence-electron chi connectivity index (χ4n) is 2.03. The number of nitro groups is 1. The Bertz CT molecular complexity index is 644. The summed E-state index contributed by atoms with van der Waals surface area (Å²) in [5.74, 6) is -2.08. The summed E-state index contributed by atoms with van der Waals surface area (Å²) < 4.78 is 10.0. The van der Waals surface area contributed by atoms with Gasteiger partial charge in [-0.15, -0.1) is 0 Å². The van der Waals surface area contributed by atoms with Crippen molar-refractivity contribution in [2.75, 3.05) is 6.61 Å². The second-order valence-electron chi connectivity index (χ2n) is 4.81. The Labute approximate surface area is 138 Å². The fourth-order valence-corrected chi connectivity index (χ4v) is 2.03. The highest BCUT2D eigenvalue weighted by molar-refractivity contribution is 5.84. The number of nitrogens with zero attached hydrogens (tertiary/aromatic N) is 1. The number of esters is 2. The topological polar surface area (TPSA) is 125 Å². The van der Waals surface area contributed by atoms with Crippen LogP contribution in [0.5, 0.6) is 0 Å². The number of benzene rings is 1. The predicted octanol–water partition coefficient (Wildman–Crippen LogP) is 1.27. The fraction of sp³-hybridized carbons (Fsp3) is 0.400. The number of amides is 1. The van der Waals surface area contributed by atoms with Crippen molar-refractivity contribution in [2.24, 2.45) is 0 Å². The van der Waals surface area contributed by atoms with Gasteiger partial charge in [-0.3, -0.25) is 19.7 Å². The highest BCUT2D eigenvalue weighted by Crippen LogP contribution is 2.26. The lowest BCUT2D eigenvalue weighted by Gasteiger charge is -2.25. The van der Waals surface area contributed by atoms with Crippen LogP contribution in [0.4, 0.5) is 5.69 Å². The van der Waals surface area contributed by atoms with Gasteiger partial charge in [-0.1, -0.05) is 12.1 Å². The molecule has 0 fully saturated rings. The molecule has 0 spiro atoms. The summed E-state index contributed by atoms with van der Waals surface area (Å²) in [6.45, 7) is 3.94. The van der Waals surface area contributed by atoms with Gasteiger partial charge in [-0.2, -0.15) is 0 Å². The van der Waals surface area contributed by atoms with Crippen LogP contribution >= 0.6 is 0 Å². The van der Waals surface area contributed by atoms with Gasteiger partial charge in [-0.25, -0.2) is 4.79 Å². The van der Waals surface area contributed by atoms with E-state index in [0.29, 0.717) is 0 Å². The lowest BCUT2D eigenvalue weighted by molar-refractivity contribution is -0.385. The Hall–Kier alpha value is -2.97. The molecule has 0 radical (unpaired) electrons. The summed E-state index contributed by atoms with van der Waals surface area (Å²) in [6.07, 6.45) is -1.26. The van der Waals surface area contributed by atoms with Crippen LogP contribution in [-0.2, 0) is 23.9 Å². The van der Waals surface area contributed by atoms with Crippen molar-refractivity contribution in [3.05, 3.63) is 39.9 Å². The van der Waals surface area contributed by atoms with Gasteiger partial charge in [0.15, 0.2) is 12.1 Å². The van der Waals surface area contributed by atoms with E-state index in [1.807, 2.05) is 0 Å². The first-order valence-electron chi connectivity index (χ1n) is 7.11. The average molecular weight is 338 g/mol. The molecule has 0 saturated heterocycles. The summed E-state index contributed by atoms with van der Waals surface area (Å²) in [7, 11) is 0. The third-order valence-electron chi connectivity index (χ3n) is 2.90. The van der Waals surface area contributed by atoms with Crippen molar-refractivity contribution >= 4 is 23.5 Å². The standard InChI is InChI=1S/C15H18N2O7/c1-4-23-15(20)13(16-9(2)18)14(24-10(3)19)11-6-5-7-12(8-11)17(21)22/h5-8,13-14H,4H2,1-3H3,(H,16,18)/t13-,14+/m0/s1. The molecule has 0 aliphatic rings. The quantitative estimate of drug-likeness (QED) is 0.451. The van der Waals surface area contributed by atoms with Crippen LogP contribution in [0, 0.1) is 10.1 Å². The van der Waals surface area contributed by atoms with Gasteiger partial charge in [0, 0.05) is 31.5 Å². The predicted molar refractivity (Wildman–Crippen MR) is 81.8 cm³/mol. The third-order valence-corrected chi connectivity index (χ3v) is 2.90. The van der Waals surface area contributed by atoms with Crippen LogP contribution < -0.4 is 5.32 Å². The summed E-state index contributed by atoms with van der Waals surface area (Å²) in [5, 5.41) is 13.3. The van der Waals surface area contributed by atoms with Crippen molar-refractivity contribution in [1.82, 2.24) is 5.32 Å². The maximum Gasteiger partial charge on any atom is 0.332 e. The number of ether oxygens (including phenoxy) is 2. The van der Waals surface area contributed by atoms with Crippen LogP contribution in [0.15, 0.2) is 24.3 Å². The van der Waals surface area contributed by atoms with Gasteiger partial charge in [0.25, 0.3) is 5.69 Å². The highest BCUT2D eigenvalue weighted by Gasteiger charge is 2.35. The first kappa shape index (κ1) is 19.1. The van der Waals surface area contributed by atoms with Gasteiger partial charge in [-0.05, 0) is 6.92 Å². The molecule has 0 saturated carbocycles. The number of nitro benzene ring substituents is 1. The molecule has 2 atom stereocenters. The van der Waals surface area contributed by atoms with Crippen molar-refractivity contribution in [1.29, 1.82) is 0 Å². The van der Waals surface area contributed by atoms with E-state index in [-0.39, 0.29) is 17.9 Å². The van der Waals surface area contributed by atoms with Gasteiger partial charge in [0.1, 0.15) is 0 Å². The molecule has 1 aromatic carbocycles. The summed E-state index contributed by atoms with van der Waals surface area (Å²) in [5.41, 5.74) is -0.0544. The van der Waals surface area contributed by atoms with Crippen molar-refractivity contribution in [3.63, 3.8) is 0 Å².